The molecule has 5 aliphatic rings. The highest BCUT2D eigenvalue weighted by molar-refractivity contribution is 5.25. The van der Waals surface area contributed by atoms with Gasteiger partial charge < -0.3 is 10.4 Å². The molecule has 0 aromatic heterocycles. The zero-order valence-electron chi connectivity index (χ0n) is 18.2. The molecule has 1 heterocycles. The van der Waals surface area contributed by atoms with Crippen molar-refractivity contribution < 1.29 is 5.11 Å². The lowest BCUT2D eigenvalue weighted by molar-refractivity contribution is -0.189. The molecule has 0 aromatic carbocycles. The summed E-state index contributed by atoms with van der Waals surface area (Å²) in [6, 6.07) is 0. The Kier molecular flexibility index (Phi) is 4.64. The first-order valence-corrected chi connectivity index (χ1v) is 12.1. The molecule has 0 aromatic rings. The minimum Gasteiger partial charge on any atom is -0.389 e. The van der Waals surface area contributed by atoms with Crippen LogP contribution in [0.1, 0.15) is 78.1 Å². The molecule has 4 aliphatic carbocycles. The van der Waals surface area contributed by atoms with Crippen molar-refractivity contribution in [1.29, 1.82) is 0 Å². The first-order valence-electron chi connectivity index (χ1n) is 12.1. The number of nitrogens with one attached hydrogen (secondary N) is 1. The zero-order chi connectivity index (χ0) is 19.6. The number of aliphatic hydroxyl groups is 1. The molecule has 4 saturated carbocycles. The van der Waals surface area contributed by atoms with Crippen LogP contribution >= 0.6 is 0 Å². The smallest absolute Gasteiger partial charge is 0.0746 e. The number of allylic oxidation sites excluding steroid dienone is 1. The predicted molar refractivity (Wildman–Crippen MR) is 116 cm³/mol. The largest absolute Gasteiger partial charge is 0.389 e. The molecule has 0 spiro atoms. The molecule has 0 bridgehead atoms. The maximum atomic E-state index is 12.0. The van der Waals surface area contributed by atoms with Gasteiger partial charge in [-0.2, -0.15) is 0 Å². The SMILES string of the molecule is C=C1C[C@@]2(O)C[C@H](/C=C\[C@H]3CCNC3)CC[C@]2(C)[C@H]2CC[C@]3(C)CCC[C@H]3[C@H]12. The predicted octanol–water partition coefficient (Wildman–Crippen LogP) is 5.48. The Labute approximate surface area is 172 Å². The second-order valence-corrected chi connectivity index (χ2v) is 11.7. The van der Waals surface area contributed by atoms with Crippen molar-refractivity contribution in [2.24, 2.45) is 40.4 Å². The number of hydrogen-bond donors (Lipinski definition) is 2. The van der Waals surface area contributed by atoms with Gasteiger partial charge in [0.2, 0.25) is 0 Å². The van der Waals surface area contributed by atoms with Crippen LogP contribution < -0.4 is 5.32 Å². The summed E-state index contributed by atoms with van der Waals surface area (Å²) in [4.78, 5) is 0. The summed E-state index contributed by atoms with van der Waals surface area (Å²) in [5, 5.41) is 15.5. The van der Waals surface area contributed by atoms with Gasteiger partial charge in [-0.15, -0.1) is 0 Å². The molecule has 156 valence electrons. The van der Waals surface area contributed by atoms with E-state index in [1.54, 1.807) is 0 Å². The number of fused-ring (bicyclic) bond motifs is 5. The lowest BCUT2D eigenvalue weighted by atomic mass is 9.42. The van der Waals surface area contributed by atoms with E-state index < -0.39 is 5.60 Å². The topological polar surface area (TPSA) is 32.3 Å². The summed E-state index contributed by atoms with van der Waals surface area (Å²) >= 11 is 0. The van der Waals surface area contributed by atoms with Crippen molar-refractivity contribution in [2.75, 3.05) is 13.1 Å². The fourth-order valence-corrected chi connectivity index (χ4v) is 8.52. The van der Waals surface area contributed by atoms with Gasteiger partial charge in [-0.05, 0) is 99.3 Å². The van der Waals surface area contributed by atoms with Crippen LogP contribution in [0.15, 0.2) is 24.3 Å². The standard InChI is InChI=1S/C26H41NO/c1-18-15-26(28)16-19(6-7-20-10-14-27-17-20)8-13-25(26,3)22-9-12-24(2)11-4-5-21(24)23(18)22/h6-7,19-23,27-28H,1,4-5,8-17H2,2-3H3/b7-6-/t19-,20+,21+,22+,23+,24+,25-,26-/m1/s1. The Bertz CT molecular complexity index is 663. The van der Waals surface area contributed by atoms with E-state index >= 15 is 0 Å². The molecule has 28 heavy (non-hydrogen) atoms. The molecule has 2 heteroatoms. The highest BCUT2D eigenvalue weighted by atomic mass is 16.3. The number of hydrogen-bond acceptors (Lipinski definition) is 2. The molecular formula is C26H41NO. The van der Waals surface area contributed by atoms with Gasteiger partial charge in [0.25, 0.3) is 0 Å². The fourth-order valence-electron chi connectivity index (χ4n) is 8.52. The van der Waals surface area contributed by atoms with Gasteiger partial charge in [0.05, 0.1) is 5.60 Å². The van der Waals surface area contributed by atoms with Crippen molar-refractivity contribution in [3.05, 3.63) is 24.3 Å². The highest BCUT2D eigenvalue weighted by Gasteiger charge is 2.63. The summed E-state index contributed by atoms with van der Waals surface area (Å²) < 4.78 is 0. The molecule has 1 saturated heterocycles. The third kappa shape index (κ3) is 2.81. The summed E-state index contributed by atoms with van der Waals surface area (Å²) in [5.41, 5.74) is 1.49. The van der Waals surface area contributed by atoms with E-state index in [0.717, 1.165) is 31.8 Å². The van der Waals surface area contributed by atoms with Gasteiger partial charge in [-0.25, -0.2) is 0 Å². The van der Waals surface area contributed by atoms with Crippen LogP contribution in [0.2, 0.25) is 0 Å². The Balaban J connectivity index is 1.38. The van der Waals surface area contributed by atoms with E-state index in [2.05, 4.69) is 37.9 Å². The first-order chi connectivity index (χ1) is 13.3. The molecule has 5 rings (SSSR count). The normalized spacial score (nSPS) is 53.8. The van der Waals surface area contributed by atoms with Crippen molar-refractivity contribution in [2.45, 2.75) is 83.7 Å². The average Bonchev–Trinajstić information content (AvgIpc) is 3.30. The van der Waals surface area contributed by atoms with Crippen LogP contribution in [0.3, 0.4) is 0 Å². The molecule has 0 unspecified atom stereocenters. The summed E-state index contributed by atoms with van der Waals surface area (Å²) in [6.07, 6.45) is 17.3. The van der Waals surface area contributed by atoms with Crippen LogP contribution in [-0.4, -0.2) is 23.8 Å². The maximum Gasteiger partial charge on any atom is 0.0746 e. The maximum absolute atomic E-state index is 12.0. The Morgan fingerprint density at radius 2 is 1.82 bits per heavy atom. The molecule has 0 radical (unpaired) electrons. The second-order valence-electron chi connectivity index (χ2n) is 11.7. The number of rotatable bonds is 2. The Morgan fingerprint density at radius 3 is 2.61 bits per heavy atom. The zero-order valence-corrected chi connectivity index (χ0v) is 18.2. The summed E-state index contributed by atoms with van der Waals surface area (Å²) in [7, 11) is 0. The van der Waals surface area contributed by atoms with Gasteiger partial charge in [0, 0.05) is 12.0 Å². The van der Waals surface area contributed by atoms with Gasteiger partial charge in [-0.1, -0.05) is 44.6 Å². The van der Waals surface area contributed by atoms with Crippen LogP contribution in [0.4, 0.5) is 0 Å². The van der Waals surface area contributed by atoms with E-state index in [0.29, 0.717) is 29.1 Å². The van der Waals surface area contributed by atoms with E-state index in [4.69, 9.17) is 0 Å². The first kappa shape index (κ1) is 19.4. The summed E-state index contributed by atoms with van der Waals surface area (Å²) in [6.45, 7) is 11.9. The van der Waals surface area contributed by atoms with E-state index in [1.165, 1.54) is 56.9 Å². The fraction of sp³-hybridized carbons (Fsp3) is 0.846. The van der Waals surface area contributed by atoms with Crippen molar-refractivity contribution in [3.63, 3.8) is 0 Å². The molecule has 8 atom stereocenters. The molecule has 2 nitrogen and oxygen atoms in total. The van der Waals surface area contributed by atoms with E-state index in [1.807, 2.05) is 0 Å². The van der Waals surface area contributed by atoms with Crippen molar-refractivity contribution >= 4 is 0 Å². The second kappa shape index (κ2) is 6.71. The molecule has 5 fully saturated rings. The van der Waals surface area contributed by atoms with E-state index in [-0.39, 0.29) is 5.41 Å². The molecule has 1 aliphatic heterocycles. The Morgan fingerprint density at radius 1 is 1.00 bits per heavy atom. The Hall–Kier alpha value is -0.600. The highest BCUT2D eigenvalue weighted by Crippen LogP contribution is 2.68. The van der Waals surface area contributed by atoms with Gasteiger partial charge in [-0.3, -0.25) is 0 Å². The lowest BCUT2D eigenvalue weighted by Crippen LogP contribution is -2.62. The van der Waals surface area contributed by atoms with Crippen molar-refractivity contribution in [3.8, 4) is 0 Å². The monoisotopic (exact) mass is 383 g/mol. The van der Waals surface area contributed by atoms with Gasteiger partial charge in [0.1, 0.15) is 0 Å². The van der Waals surface area contributed by atoms with Crippen LogP contribution in [0.5, 0.6) is 0 Å². The van der Waals surface area contributed by atoms with Gasteiger partial charge in [0.15, 0.2) is 0 Å². The third-order valence-electron chi connectivity index (χ3n) is 10.3. The van der Waals surface area contributed by atoms with Crippen LogP contribution in [-0.2, 0) is 0 Å². The quantitative estimate of drug-likeness (QED) is 0.619. The molecule has 0 amide bonds. The third-order valence-corrected chi connectivity index (χ3v) is 10.3. The van der Waals surface area contributed by atoms with Crippen molar-refractivity contribution in [1.82, 2.24) is 5.32 Å². The average molecular weight is 384 g/mol. The molecule has 2 N–H and O–H groups in total. The lowest BCUT2D eigenvalue weighted by Gasteiger charge is -2.64. The van der Waals surface area contributed by atoms with E-state index in [9.17, 15) is 5.11 Å². The minimum atomic E-state index is -0.543. The minimum absolute atomic E-state index is 0.0853. The van der Waals surface area contributed by atoms with Crippen LogP contribution in [0, 0.1) is 40.4 Å². The van der Waals surface area contributed by atoms with Gasteiger partial charge >= 0.3 is 0 Å². The molecular weight excluding hydrogens is 342 g/mol. The summed E-state index contributed by atoms with van der Waals surface area (Å²) in [5.74, 6) is 3.39. The van der Waals surface area contributed by atoms with Crippen LogP contribution in [0.25, 0.3) is 0 Å².